The van der Waals surface area contributed by atoms with Crippen molar-refractivity contribution in [3.63, 3.8) is 0 Å². The Morgan fingerprint density at radius 1 is 1.31 bits per heavy atom. The molecule has 1 aliphatic rings. The van der Waals surface area contributed by atoms with E-state index in [4.69, 9.17) is 16.1 Å². The summed E-state index contributed by atoms with van der Waals surface area (Å²) >= 11 is 5.84. The number of halogens is 1. The summed E-state index contributed by atoms with van der Waals surface area (Å²) < 4.78 is 32.2. The molecule has 140 valence electrons. The number of hydrogen-bond acceptors (Lipinski definition) is 5. The van der Waals surface area contributed by atoms with Crippen LogP contribution in [0.25, 0.3) is 0 Å². The number of piperidine rings is 1. The number of hydrogen-bond donors (Lipinski definition) is 1. The van der Waals surface area contributed by atoms with Gasteiger partial charge < -0.3 is 9.84 Å². The molecule has 1 aromatic heterocycles. The second-order valence-corrected chi connectivity index (χ2v) is 8.66. The summed E-state index contributed by atoms with van der Waals surface area (Å²) in [6, 6.07) is 6.79. The predicted octanol–water partition coefficient (Wildman–Crippen LogP) is 2.98. The third-order valence-corrected chi connectivity index (χ3v) is 6.79. The molecule has 0 saturated carbocycles. The van der Waals surface area contributed by atoms with E-state index < -0.39 is 15.9 Å². The van der Waals surface area contributed by atoms with Crippen LogP contribution in [0.2, 0.25) is 5.02 Å². The molecule has 0 radical (unpaired) electrons. The van der Waals surface area contributed by atoms with E-state index in [1.807, 2.05) is 0 Å². The first-order valence-electron chi connectivity index (χ1n) is 8.28. The summed E-state index contributed by atoms with van der Waals surface area (Å²) in [5.74, 6) is -0.365. The van der Waals surface area contributed by atoms with Gasteiger partial charge in [-0.3, -0.25) is 4.79 Å². The molecule has 3 rings (SSSR count). The average Bonchev–Trinajstić information content (AvgIpc) is 2.96. The number of aromatic nitrogens is 1. The van der Waals surface area contributed by atoms with Crippen molar-refractivity contribution in [3.8, 4) is 0 Å². The van der Waals surface area contributed by atoms with Crippen LogP contribution in [0.3, 0.4) is 0 Å². The molecule has 2 heterocycles. The number of carbonyl (C=O) groups excluding carboxylic acids is 1. The summed E-state index contributed by atoms with van der Waals surface area (Å²) in [6.45, 7) is 3.67. The van der Waals surface area contributed by atoms with Gasteiger partial charge in [-0.1, -0.05) is 16.8 Å². The smallest absolute Gasteiger partial charge is 0.248 e. The first-order chi connectivity index (χ1) is 12.3. The standard InChI is InChI=1S/C17H20ClN3O4S/c1-11-16(12(2)25-20-11)26(23,24)21-9-3-4-13(10-21)17(22)19-15-7-5-14(18)6-8-15/h5-8,13H,3-4,9-10H2,1-2H3,(H,19,22). The minimum absolute atomic E-state index is 0.0938. The van der Waals surface area contributed by atoms with E-state index in [1.54, 1.807) is 38.1 Å². The Labute approximate surface area is 157 Å². The maximum absolute atomic E-state index is 12.9. The molecule has 1 atom stereocenters. The van der Waals surface area contributed by atoms with Crippen molar-refractivity contribution in [2.24, 2.45) is 5.92 Å². The van der Waals surface area contributed by atoms with Gasteiger partial charge >= 0.3 is 0 Å². The fourth-order valence-electron chi connectivity index (χ4n) is 3.12. The lowest BCUT2D eigenvalue weighted by Gasteiger charge is -2.31. The van der Waals surface area contributed by atoms with E-state index in [2.05, 4.69) is 10.5 Å². The topological polar surface area (TPSA) is 92.5 Å². The van der Waals surface area contributed by atoms with Gasteiger partial charge in [0.1, 0.15) is 10.6 Å². The van der Waals surface area contributed by atoms with E-state index in [0.717, 1.165) is 0 Å². The molecule has 1 amide bonds. The van der Waals surface area contributed by atoms with Crippen molar-refractivity contribution in [2.45, 2.75) is 31.6 Å². The third kappa shape index (κ3) is 3.77. The van der Waals surface area contributed by atoms with E-state index in [-0.39, 0.29) is 23.1 Å². The van der Waals surface area contributed by atoms with Crippen LogP contribution in [-0.2, 0) is 14.8 Å². The molecule has 0 bridgehead atoms. The zero-order valence-electron chi connectivity index (χ0n) is 14.5. The largest absolute Gasteiger partial charge is 0.360 e. The molecule has 1 N–H and O–H groups in total. The maximum Gasteiger partial charge on any atom is 0.248 e. The Morgan fingerprint density at radius 2 is 2.00 bits per heavy atom. The number of nitrogens with one attached hydrogen (secondary N) is 1. The van der Waals surface area contributed by atoms with Crippen molar-refractivity contribution in [3.05, 3.63) is 40.7 Å². The van der Waals surface area contributed by atoms with Crippen LogP contribution in [0.4, 0.5) is 5.69 Å². The van der Waals surface area contributed by atoms with Crippen LogP contribution in [0.5, 0.6) is 0 Å². The van der Waals surface area contributed by atoms with Crippen molar-refractivity contribution in [1.82, 2.24) is 9.46 Å². The third-order valence-electron chi connectivity index (χ3n) is 4.43. The van der Waals surface area contributed by atoms with Gasteiger partial charge in [0.05, 0.1) is 5.92 Å². The van der Waals surface area contributed by atoms with Gasteiger partial charge in [0.2, 0.25) is 15.9 Å². The summed E-state index contributed by atoms with van der Waals surface area (Å²) in [7, 11) is -3.75. The number of rotatable bonds is 4. The van der Waals surface area contributed by atoms with E-state index >= 15 is 0 Å². The highest BCUT2D eigenvalue weighted by atomic mass is 35.5. The molecule has 1 aromatic carbocycles. The van der Waals surface area contributed by atoms with Crippen LogP contribution >= 0.6 is 11.6 Å². The molecule has 7 nitrogen and oxygen atoms in total. The van der Waals surface area contributed by atoms with E-state index in [1.165, 1.54) is 4.31 Å². The molecule has 0 aliphatic carbocycles. The summed E-state index contributed by atoms with van der Waals surface area (Å²) in [4.78, 5) is 12.6. The van der Waals surface area contributed by atoms with Gasteiger partial charge in [-0.15, -0.1) is 0 Å². The zero-order valence-corrected chi connectivity index (χ0v) is 16.1. The maximum atomic E-state index is 12.9. The van der Waals surface area contributed by atoms with Crippen LogP contribution in [0, 0.1) is 19.8 Å². The normalized spacial score (nSPS) is 18.7. The quantitative estimate of drug-likeness (QED) is 0.856. The molecular formula is C17H20ClN3O4S. The monoisotopic (exact) mass is 397 g/mol. The van der Waals surface area contributed by atoms with Gasteiger partial charge in [0.25, 0.3) is 0 Å². The highest BCUT2D eigenvalue weighted by molar-refractivity contribution is 7.89. The Kier molecular flexibility index (Phi) is 5.36. The lowest BCUT2D eigenvalue weighted by atomic mass is 9.99. The number of benzene rings is 1. The van der Waals surface area contributed by atoms with E-state index in [0.29, 0.717) is 35.8 Å². The van der Waals surface area contributed by atoms with Gasteiger partial charge in [0, 0.05) is 23.8 Å². The highest BCUT2D eigenvalue weighted by Gasteiger charge is 2.36. The van der Waals surface area contributed by atoms with Crippen molar-refractivity contribution in [1.29, 1.82) is 0 Å². The lowest BCUT2D eigenvalue weighted by molar-refractivity contribution is -0.120. The number of anilines is 1. The van der Waals surface area contributed by atoms with Gasteiger partial charge in [0.15, 0.2) is 5.76 Å². The second-order valence-electron chi connectivity index (χ2n) is 6.35. The average molecular weight is 398 g/mol. The second kappa shape index (κ2) is 7.38. The Hall–Kier alpha value is -1.90. The SMILES string of the molecule is Cc1noc(C)c1S(=O)(=O)N1CCCC(C(=O)Nc2ccc(Cl)cc2)C1. The zero-order chi connectivity index (χ0) is 18.9. The van der Waals surface area contributed by atoms with Crippen LogP contribution < -0.4 is 5.32 Å². The molecule has 1 saturated heterocycles. The predicted molar refractivity (Wildman–Crippen MR) is 97.5 cm³/mol. The summed E-state index contributed by atoms with van der Waals surface area (Å²) in [6.07, 6.45) is 1.24. The fraction of sp³-hybridized carbons (Fsp3) is 0.412. The lowest BCUT2D eigenvalue weighted by Crippen LogP contribution is -2.43. The molecule has 2 aromatic rings. The minimum atomic E-state index is -3.75. The van der Waals surface area contributed by atoms with Crippen LogP contribution in [-0.4, -0.2) is 36.9 Å². The summed E-state index contributed by atoms with van der Waals surface area (Å²) in [5.41, 5.74) is 0.959. The Bertz CT molecular complexity index is 889. The molecule has 1 fully saturated rings. The molecule has 1 unspecified atom stereocenters. The number of amides is 1. The van der Waals surface area contributed by atoms with E-state index in [9.17, 15) is 13.2 Å². The van der Waals surface area contributed by atoms with Crippen LogP contribution in [0.15, 0.2) is 33.7 Å². The number of nitrogens with zero attached hydrogens (tertiary/aromatic N) is 2. The first kappa shape index (κ1) is 18.9. The molecule has 26 heavy (non-hydrogen) atoms. The molecular weight excluding hydrogens is 378 g/mol. The molecule has 1 aliphatic heterocycles. The molecule has 9 heteroatoms. The van der Waals surface area contributed by atoms with Gasteiger partial charge in [-0.25, -0.2) is 8.42 Å². The minimum Gasteiger partial charge on any atom is -0.360 e. The Morgan fingerprint density at radius 3 is 2.62 bits per heavy atom. The van der Waals surface area contributed by atoms with Crippen LogP contribution in [0.1, 0.15) is 24.3 Å². The van der Waals surface area contributed by atoms with Crippen molar-refractivity contribution < 1.29 is 17.7 Å². The number of carbonyl (C=O) groups is 1. The van der Waals surface area contributed by atoms with Crippen molar-refractivity contribution in [2.75, 3.05) is 18.4 Å². The summed E-state index contributed by atoms with van der Waals surface area (Å²) in [5, 5.41) is 7.12. The number of aryl methyl sites for hydroxylation is 2. The number of sulfonamides is 1. The fourth-order valence-corrected chi connectivity index (χ4v) is 5.07. The first-order valence-corrected chi connectivity index (χ1v) is 10.1. The van der Waals surface area contributed by atoms with Gasteiger partial charge in [-0.2, -0.15) is 4.31 Å². The Balaban J connectivity index is 1.74. The highest BCUT2D eigenvalue weighted by Crippen LogP contribution is 2.28. The van der Waals surface area contributed by atoms with Crippen molar-refractivity contribution >= 4 is 33.2 Å². The van der Waals surface area contributed by atoms with Gasteiger partial charge in [-0.05, 0) is 51.0 Å². The molecule has 0 spiro atoms.